The molecule has 0 atom stereocenters. The van der Waals surface area contributed by atoms with Gasteiger partial charge in [-0.3, -0.25) is 24.2 Å². The third-order valence-corrected chi connectivity index (χ3v) is 6.86. The number of amides is 3. The molecule has 164 valence electrons. The van der Waals surface area contributed by atoms with Gasteiger partial charge in [0.2, 0.25) is 5.91 Å². The van der Waals surface area contributed by atoms with E-state index in [2.05, 4.69) is 5.32 Å². The fraction of sp³-hybridized carbons (Fsp3) is 0.250. The van der Waals surface area contributed by atoms with Gasteiger partial charge in [0.15, 0.2) is 0 Å². The average Bonchev–Trinajstić information content (AvgIpc) is 3.19. The van der Waals surface area contributed by atoms with Crippen LogP contribution in [-0.4, -0.2) is 40.0 Å². The van der Waals surface area contributed by atoms with Crippen molar-refractivity contribution in [3.8, 4) is 0 Å². The van der Waals surface area contributed by atoms with Crippen molar-refractivity contribution in [3.05, 3.63) is 64.1 Å². The molecule has 0 aromatic heterocycles. The van der Waals surface area contributed by atoms with E-state index < -0.39 is 0 Å². The molecule has 8 heteroatoms. The quantitative estimate of drug-likeness (QED) is 0.528. The SMILES string of the molecule is CCCN1C(=O)C(=C2C(=O)N(CC(=O)Nc3cc(C)ccc3C)c3ccccc32)SC1=S. The molecular formula is C24H23N3O3S2. The molecule has 2 heterocycles. The standard InChI is InChI=1S/C24H23N3O3S2/c1-4-11-26-23(30)21(32-24(26)31)20-16-7-5-6-8-18(16)27(22(20)29)13-19(28)25-17-12-14(2)9-10-15(17)3/h5-10,12H,4,11,13H2,1-3H3,(H,25,28). The highest BCUT2D eigenvalue weighted by molar-refractivity contribution is 8.26. The maximum Gasteiger partial charge on any atom is 0.267 e. The minimum absolute atomic E-state index is 0.151. The number of para-hydroxylation sites is 1. The lowest BCUT2D eigenvalue weighted by molar-refractivity contribution is -0.122. The molecule has 0 unspecified atom stereocenters. The lowest BCUT2D eigenvalue weighted by atomic mass is 10.1. The van der Waals surface area contributed by atoms with Crippen molar-refractivity contribution in [2.75, 3.05) is 23.3 Å². The van der Waals surface area contributed by atoms with Crippen LogP contribution < -0.4 is 10.2 Å². The first-order valence-corrected chi connectivity index (χ1v) is 11.6. The second-order valence-electron chi connectivity index (χ2n) is 7.80. The van der Waals surface area contributed by atoms with Crippen LogP contribution in [0, 0.1) is 13.8 Å². The second-order valence-corrected chi connectivity index (χ2v) is 9.45. The van der Waals surface area contributed by atoms with Crippen molar-refractivity contribution in [1.29, 1.82) is 0 Å². The van der Waals surface area contributed by atoms with E-state index in [1.807, 2.05) is 51.1 Å². The Morgan fingerprint density at radius 3 is 2.56 bits per heavy atom. The summed E-state index contributed by atoms with van der Waals surface area (Å²) < 4.78 is 0.454. The third kappa shape index (κ3) is 3.96. The number of aryl methyl sites for hydroxylation is 2. The summed E-state index contributed by atoms with van der Waals surface area (Å²) in [7, 11) is 0. The minimum atomic E-state index is -0.362. The Morgan fingerprint density at radius 2 is 1.81 bits per heavy atom. The Labute approximate surface area is 196 Å². The largest absolute Gasteiger partial charge is 0.324 e. The van der Waals surface area contributed by atoms with E-state index in [1.165, 1.54) is 9.80 Å². The van der Waals surface area contributed by atoms with Crippen LogP contribution in [0.4, 0.5) is 11.4 Å². The summed E-state index contributed by atoms with van der Waals surface area (Å²) in [6.45, 7) is 6.21. The van der Waals surface area contributed by atoms with Crippen LogP contribution in [0.2, 0.25) is 0 Å². The molecule has 0 radical (unpaired) electrons. The van der Waals surface area contributed by atoms with Gasteiger partial charge in [0.25, 0.3) is 11.8 Å². The zero-order valence-electron chi connectivity index (χ0n) is 18.1. The third-order valence-electron chi connectivity index (χ3n) is 5.42. The molecule has 3 amide bonds. The van der Waals surface area contributed by atoms with E-state index in [1.54, 1.807) is 12.1 Å². The lowest BCUT2D eigenvalue weighted by Crippen LogP contribution is -2.35. The summed E-state index contributed by atoms with van der Waals surface area (Å²) >= 11 is 6.53. The van der Waals surface area contributed by atoms with Crippen molar-refractivity contribution in [2.45, 2.75) is 27.2 Å². The molecule has 2 aliphatic rings. The summed E-state index contributed by atoms with van der Waals surface area (Å²) in [5, 5.41) is 2.90. The predicted molar refractivity (Wildman–Crippen MR) is 132 cm³/mol. The van der Waals surface area contributed by atoms with Crippen LogP contribution in [0.5, 0.6) is 0 Å². The van der Waals surface area contributed by atoms with Crippen molar-refractivity contribution >= 4 is 63.0 Å². The number of anilines is 2. The van der Waals surface area contributed by atoms with Crippen molar-refractivity contribution in [2.24, 2.45) is 0 Å². The van der Waals surface area contributed by atoms with Gasteiger partial charge in [-0.15, -0.1) is 0 Å². The van der Waals surface area contributed by atoms with Crippen LogP contribution in [0.1, 0.15) is 30.0 Å². The molecule has 0 aliphatic carbocycles. The monoisotopic (exact) mass is 465 g/mol. The summed E-state index contributed by atoms with van der Waals surface area (Å²) in [6.07, 6.45) is 0.768. The Balaban J connectivity index is 1.65. The first-order valence-electron chi connectivity index (χ1n) is 10.4. The van der Waals surface area contributed by atoms with E-state index in [9.17, 15) is 14.4 Å². The number of nitrogens with zero attached hydrogens (tertiary/aromatic N) is 2. The molecule has 0 saturated carbocycles. The Bertz CT molecular complexity index is 1190. The van der Waals surface area contributed by atoms with Gasteiger partial charge in [-0.1, -0.05) is 61.2 Å². The lowest BCUT2D eigenvalue weighted by Gasteiger charge is -2.17. The molecule has 0 spiro atoms. The molecule has 32 heavy (non-hydrogen) atoms. The van der Waals surface area contributed by atoms with Crippen LogP contribution in [-0.2, 0) is 14.4 Å². The van der Waals surface area contributed by atoms with Gasteiger partial charge in [0.1, 0.15) is 10.9 Å². The Kier molecular flexibility index (Phi) is 6.17. The number of hydrogen-bond donors (Lipinski definition) is 1. The van der Waals surface area contributed by atoms with Gasteiger partial charge in [-0.2, -0.15) is 0 Å². The van der Waals surface area contributed by atoms with E-state index in [4.69, 9.17) is 12.2 Å². The number of hydrogen-bond acceptors (Lipinski definition) is 5. The number of carbonyl (C=O) groups is 3. The highest BCUT2D eigenvalue weighted by Crippen LogP contribution is 2.44. The van der Waals surface area contributed by atoms with Crippen molar-refractivity contribution in [1.82, 2.24) is 4.90 Å². The number of thiocarbonyl (C=S) groups is 1. The molecular weight excluding hydrogens is 442 g/mol. The highest BCUT2D eigenvalue weighted by atomic mass is 32.2. The number of carbonyl (C=O) groups excluding carboxylic acids is 3. The number of nitrogens with one attached hydrogen (secondary N) is 1. The number of benzene rings is 2. The van der Waals surface area contributed by atoms with Crippen LogP contribution in [0.25, 0.3) is 5.57 Å². The minimum Gasteiger partial charge on any atom is -0.324 e. The first kappa shape index (κ1) is 22.2. The van der Waals surface area contributed by atoms with Gasteiger partial charge >= 0.3 is 0 Å². The molecule has 1 saturated heterocycles. The van der Waals surface area contributed by atoms with E-state index >= 15 is 0 Å². The highest BCUT2D eigenvalue weighted by Gasteiger charge is 2.42. The summed E-state index contributed by atoms with van der Waals surface area (Å²) in [4.78, 5) is 42.6. The van der Waals surface area contributed by atoms with Crippen LogP contribution in [0.3, 0.4) is 0 Å². The van der Waals surface area contributed by atoms with Crippen LogP contribution >= 0.6 is 24.0 Å². The summed E-state index contributed by atoms with van der Waals surface area (Å²) in [6, 6.07) is 13.0. The topological polar surface area (TPSA) is 69.7 Å². The van der Waals surface area contributed by atoms with E-state index in [0.717, 1.165) is 35.0 Å². The molecule has 2 aromatic rings. The first-order chi connectivity index (χ1) is 15.3. The average molecular weight is 466 g/mol. The molecule has 2 aliphatic heterocycles. The molecule has 6 nitrogen and oxygen atoms in total. The van der Waals surface area contributed by atoms with Gasteiger partial charge in [0, 0.05) is 17.8 Å². The van der Waals surface area contributed by atoms with E-state index in [-0.39, 0.29) is 24.3 Å². The fourth-order valence-corrected chi connectivity index (χ4v) is 5.21. The van der Waals surface area contributed by atoms with Gasteiger partial charge < -0.3 is 5.32 Å². The zero-order chi connectivity index (χ0) is 23.0. The van der Waals surface area contributed by atoms with Crippen molar-refractivity contribution in [3.63, 3.8) is 0 Å². The molecule has 4 rings (SSSR count). The van der Waals surface area contributed by atoms with Crippen molar-refractivity contribution < 1.29 is 14.4 Å². The Morgan fingerprint density at radius 1 is 1.06 bits per heavy atom. The van der Waals surface area contributed by atoms with Gasteiger partial charge in [-0.05, 0) is 43.5 Å². The summed E-state index contributed by atoms with van der Waals surface area (Å²) in [5.41, 5.74) is 4.27. The second kappa shape index (κ2) is 8.88. The van der Waals surface area contributed by atoms with E-state index in [0.29, 0.717) is 32.6 Å². The zero-order valence-corrected chi connectivity index (χ0v) is 19.7. The molecule has 0 bridgehead atoms. The molecule has 1 fully saturated rings. The number of thioether (sulfide) groups is 1. The predicted octanol–water partition coefficient (Wildman–Crippen LogP) is 4.27. The smallest absolute Gasteiger partial charge is 0.267 e. The molecule has 1 N–H and O–H groups in total. The van der Waals surface area contributed by atoms with Gasteiger partial charge in [-0.25, -0.2) is 0 Å². The van der Waals surface area contributed by atoms with Crippen LogP contribution in [0.15, 0.2) is 47.4 Å². The Hall–Kier alpha value is -2.97. The number of fused-ring (bicyclic) bond motifs is 1. The maximum atomic E-state index is 13.4. The fourth-order valence-electron chi connectivity index (χ4n) is 3.83. The number of rotatable bonds is 5. The molecule has 2 aromatic carbocycles. The summed E-state index contributed by atoms with van der Waals surface area (Å²) in [5.74, 6) is -0.914. The maximum absolute atomic E-state index is 13.4. The normalized spacial score (nSPS) is 17.9. The van der Waals surface area contributed by atoms with Gasteiger partial charge in [0.05, 0.1) is 16.2 Å².